The van der Waals surface area contributed by atoms with Gasteiger partial charge in [0.15, 0.2) is 11.3 Å². The van der Waals surface area contributed by atoms with E-state index in [1.807, 2.05) is 12.1 Å². The normalized spacial score (nSPS) is 19.1. The van der Waals surface area contributed by atoms with Gasteiger partial charge in [-0.25, -0.2) is 4.39 Å². The van der Waals surface area contributed by atoms with Gasteiger partial charge in [0.05, 0.1) is 5.02 Å². The van der Waals surface area contributed by atoms with E-state index < -0.39 is 5.67 Å². The number of rotatable bonds is 1. The third-order valence-corrected chi connectivity index (χ3v) is 3.05. The molecule has 2 aromatic rings. The van der Waals surface area contributed by atoms with Crippen LogP contribution >= 0.6 is 11.6 Å². The summed E-state index contributed by atoms with van der Waals surface area (Å²) < 4.78 is 19.5. The lowest BCUT2D eigenvalue weighted by Gasteiger charge is -2.32. The van der Waals surface area contributed by atoms with Crippen molar-refractivity contribution >= 4 is 22.6 Å². The number of alkyl halides is 1. The van der Waals surface area contributed by atoms with Gasteiger partial charge in [-0.2, -0.15) is 0 Å². The van der Waals surface area contributed by atoms with Crippen LogP contribution in [0.3, 0.4) is 0 Å². The Bertz CT molecular complexity index is 518. The van der Waals surface area contributed by atoms with Gasteiger partial charge in [0.25, 0.3) is 0 Å². The lowest BCUT2D eigenvalue weighted by molar-refractivity contribution is 0.0647. The van der Waals surface area contributed by atoms with Gasteiger partial charge >= 0.3 is 0 Å². The van der Waals surface area contributed by atoms with E-state index in [0.29, 0.717) is 29.5 Å². The van der Waals surface area contributed by atoms with Crippen molar-refractivity contribution in [2.24, 2.45) is 0 Å². The van der Waals surface area contributed by atoms with Crippen LogP contribution in [0.2, 0.25) is 5.02 Å². The number of benzene rings is 1. The Balaban J connectivity index is 2.18. The van der Waals surface area contributed by atoms with Crippen molar-refractivity contribution in [1.82, 2.24) is 5.32 Å². The number of hydrogen-bond acceptors (Lipinski definition) is 2. The minimum Gasteiger partial charge on any atom is -0.456 e. The van der Waals surface area contributed by atoms with Crippen molar-refractivity contribution in [3.05, 3.63) is 35.0 Å². The second kappa shape index (κ2) is 2.97. The molecule has 0 bridgehead atoms. The van der Waals surface area contributed by atoms with E-state index in [1.165, 1.54) is 0 Å². The van der Waals surface area contributed by atoms with Crippen LogP contribution in [-0.2, 0) is 5.67 Å². The molecule has 1 aliphatic heterocycles. The maximum absolute atomic E-state index is 14.0. The molecule has 3 rings (SSSR count). The minimum absolute atomic E-state index is 0.310. The standard InChI is InChI=1S/C11H9ClFNO/c12-8-3-1-2-7-4-9(15-10(7)8)11(13)5-14-6-11/h1-4,14H,5-6H2. The lowest BCUT2D eigenvalue weighted by Crippen LogP contribution is -2.53. The molecule has 2 heterocycles. The summed E-state index contributed by atoms with van der Waals surface area (Å²) in [6.45, 7) is 0.620. The topological polar surface area (TPSA) is 25.2 Å². The Labute approximate surface area is 91.0 Å². The van der Waals surface area contributed by atoms with Crippen LogP contribution in [0.4, 0.5) is 4.39 Å². The maximum Gasteiger partial charge on any atom is 0.192 e. The van der Waals surface area contributed by atoms with Crippen molar-refractivity contribution in [3.8, 4) is 0 Å². The summed E-state index contributed by atoms with van der Waals surface area (Å²) in [6.07, 6.45) is 0. The van der Waals surface area contributed by atoms with Gasteiger partial charge in [0.1, 0.15) is 5.76 Å². The first-order valence-corrected chi connectivity index (χ1v) is 5.15. The van der Waals surface area contributed by atoms with Crippen LogP contribution < -0.4 is 5.32 Å². The van der Waals surface area contributed by atoms with Gasteiger partial charge < -0.3 is 9.73 Å². The molecule has 0 amide bonds. The van der Waals surface area contributed by atoms with E-state index in [1.54, 1.807) is 12.1 Å². The Kier molecular flexibility index (Phi) is 1.82. The van der Waals surface area contributed by atoms with Crippen molar-refractivity contribution in [2.45, 2.75) is 5.67 Å². The van der Waals surface area contributed by atoms with Gasteiger partial charge in [0, 0.05) is 18.5 Å². The number of halogens is 2. The van der Waals surface area contributed by atoms with Crippen molar-refractivity contribution in [3.63, 3.8) is 0 Å². The van der Waals surface area contributed by atoms with E-state index in [2.05, 4.69) is 5.32 Å². The molecular formula is C11H9ClFNO. The summed E-state index contributed by atoms with van der Waals surface area (Å²) in [6, 6.07) is 7.15. The van der Waals surface area contributed by atoms with Gasteiger partial charge in [-0.1, -0.05) is 23.7 Å². The maximum atomic E-state index is 14.0. The van der Waals surface area contributed by atoms with Crippen molar-refractivity contribution < 1.29 is 8.81 Å². The van der Waals surface area contributed by atoms with E-state index in [0.717, 1.165) is 5.39 Å². The molecule has 1 aliphatic rings. The fourth-order valence-electron chi connectivity index (χ4n) is 1.77. The first-order chi connectivity index (χ1) is 7.19. The Morgan fingerprint density at radius 2 is 2.20 bits per heavy atom. The first kappa shape index (κ1) is 9.19. The average molecular weight is 226 g/mol. The Hall–Kier alpha value is -1.06. The predicted octanol–water partition coefficient (Wildman–Crippen LogP) is 2.85. The molecule has 0 aliphatic carbocycles. The van der Waals surface area contributed by atoms with Crippen LogP contribution in [0, 0.1) is 0 Å². The van der Waals surface area contributed by atoms with Gasteiger partial charge in [-0.15, -0.1) is 0 Å². The number of nitrogens with one attached hydrogen (secondary N) is 1. The molecule has 0 spiro atoms. The van der Waals surface area contributed by atoms with Gasteiger partial charge in [-0.05, 0) is 12.1 Å². The molecule has 0 radical (unpaired) electrons. The summed E-state index contributed by atoms with van der Waals surface area (Å²) in [5.74, 6) is 0.365. The predicted molar refractivity (Wildman–Crippen MR) is 56.9 cm³/mol. The molecule has 0 saturated carbocycles. The molecule has 1 fully saturated rings. The number of furan rings is 1. The lowest BCUT2D eigenvalue weighted by atomic mass is 9.96. The SMILES string of the molecule is FC1(c2cc3cccc(Cl)c3o2)CNC1. The van der Waals surface area contributed by atoms with Gasteiger partial charge in [-0.3, -0.25) is 0 Å². The fourth-order valence-corrected chi connectivity index (χ4v) is 1.99. The second-order valence-electron chi connectivity index (χ2n) is 3.84. The first-order valence-electron chi connectivity index (χ1n) is 4.77. The molecule has 0 unspecified atom stereocenters. The van der Waals surface area contributed by atoms with E-state index in [9.17, 15) is 4.39 Å². The smallest absolute Gasteiger partial charge is 0.192 e. The van der Waals surface area contributed by atoms with E-state index >= 15 is 0 Å². The zero-order chi connectivity index (χ0) is 10.5. The summed E-state index contributed by atoms with van der Waals surface area (Å²) in [5.41, 5.74) is -0.791. The molecule has 1 saturated heterocycles. The monoisotopic (exact) mass is 225 g/mol. The van der Waals surface area contributed by atoms with Crippen molar-refractivity contribution in [2.75, 3.05) is 13.1 Å². The highest BCUT2D eigenvalue weighted by Gasteiger charge is 2.42. The summed E-state index contributed by atoms with van der Waals surface area (Å²) in [5, 5.41) is 4.26. The largest absolute Gasteiger partial charge is 0.456 e. The minimum atomic E-state index is -1.36. The number of para-hydroxylation sites is 1. The molecule has 1 aromatic carbocycles. The average Bonchev–Trinajstić information content (AvgIpc) is 2.59. The highest BCUT2D eigenvalue weighted by atomic mass is 35.5. The Morgan fingerprint density at radius 1 is 1.40 bits per heavy atom. The van der Waals surface area contributed by atoms with Crippen LogP contribution in [0.1, 0.15) is 5.76 Å². The molecule has 78 valence electrons. The second-order valence-corrected chi connectivity index (χ2v) is 4.24. The molecule has 15 heavy (non-hydrogen) atoms. The summed E-state index contributed by atoms with van der Waals surface area (Å²) in [4.78, 5) is 0. The van der Waals surface area contributed by atoms with Crippen LogP contribution in [0.5, 0.6) is 0 Å². The third-order valence-electron chi connectivity index (χ3n) is 2.75. The number of fused-ring (bicyclic) bond motifs is 1. The Morgan fingerprint density at radius 3 is 2.80 bits per heavy atom. The highest BCUT2D eigenvalue weighted by Crippen LogP contribution is 2.36. The third kappa shape index (κ3) is 1.27. The van der Waals surface area contributed by atoms with Crippen LogP contribution in [-0.4, -0.2) is 13.1 Å². The molecule has 2 nitrogen and oxygen atoms in total. The van der Waals surface area contributed by atoms with Crippen LogP contribution in [0.25, 0.3) is 11.0 Å². The zero-order valence-corrected chi connectivity index (χ0v) is 8.64. The molecule has 4 heteroatoms. The summed E-state index contributed by atoms with van der Waals surface area (Å²) >= 11 is 5.95. The molecular weight excluding hydrogens is 217 g/mol. The highest BCUT2D eigenvalue weighted by molar-refractivity contribution is 6.34. The zero-order valence-electron chi connectivity index (χ0n) is 7.89. The molecule has 1 N–H and O–H groups in total. The number of hydrogen-bond donors (Lipinski definition) is 1. The van der Waals surface area contributed by atoms with Gasteiger partial charge in [0.2, 0.25) is 0 Å². The van der Waals surface area contributed by atoms with E-state index in [4.69, 9.17) is 16.0 Å². The fraction of sp³-hybridized carbons (Fsp3) is 0.273. The van der Waals surface area contributed by atoms with Crippen molar-refractivity contribution in [1.29, 1.82) is 0 Å². The quantitative estimate of drug-likeness (QED) is 0.808. The summed E-state index contributed by atoms with van der Waals surface area (Å²) in [7, 11) is 0. The molecule has 1 aromatic heterocycles. The van der Waals surface area contributed by atoms with Crippen LogP contribution in [0.15, 0.2) is 28.7 Å². The van der Waals surface area contributed by atoms with E-state index in [-0.39, 0.29) is 0 Å². The molecule has 0 atom stereocenters.